The zero-order valence-corrected chi connectivity index (χ0v) is 17.2. The minimum absolute atomic E-state index is 0.0904. The van der Waals surface area contributed by atoms with Crippen LogP contribution in [0.1, 0.15) is 45.2 Å². The van der Waals surface area contributed by atoms with Crippen molar-refractivity contribution in [3.05, 3.63) is 46.4 Å². The first-order valence-electron chi connectivity index (χ1n) is 9.87. The minimum Gasteiger partial charge on any atom is -0.390 e. The first-order valence-corrected chi connectivity index (χ1v) is 10.9. The zero-order valence-electron chi connectivity index (χ0n) is 16.4. The summed E-state index contributed by atoms with van der Waals surface area (Å²) in [6, 6.07) is 9.51. The third-order valence-electron chi connectivity index (χ3n) is 5.11. The molecule has 28 heavy (non-hydrogen) atoms. The monoisotopic (exact) mass is 398 g/mol. The van der Waals surface area contributed by atoms with Crippen LogP contribution in [0.15, 0.2) is 40.3 Å². The highest BCUT2D eigenvalue weighted by Crippen LogP contribution is 2.31. The van der Waals surface area contributed by atoms with Gasteiger partial charge < -0.3 is 9.67 Å². The fourth-order valence-corrected chi connectivity index (χ4v) is 4.89. The normalized spacial score (nSPS) is 14.8. The van der Waals surface area contributed by atoms with Gasteiger partial charge in [-0.05, 0) is 51.7 Å². The molecule has 1 aromatic rings. The van der Waals surface area contributed by atoms with Crippen molar-refractivity contribution in [1.29, 1.82) is 0 Å². The lowest BCUT2D eigenvalue weighted by Gasteiger charge is -2.19. The van der Waals surface area contributed by atoms with Gasteiger partial charge >= 0.3 is 0 Å². The molecule has 148 valence electrons. The van der Waals surface area contributed by atoms with Crippen molar-refractivity contribution in [3.8, 4) is 17.1 Å². The van der Waals surface area contributed by atoms with Crippen LogP contribution in [0.25, 0.3) is 17.1 Å². The molecule has 0 bridgehead atoms. The Balaban J connectivity index is 1.81. The molecule has 6 nitrogen and oxygen atoms in total. The van der Waals surface area contributed by atoms with E-state index in [2.05, 4.69) is 9.67 Å². The van der Waals surface area contributed by atoms with Crippen LogP contribution in [-0.4, -0.2) is 35.8 Å². The largest absolute Gasteiger partial charge is 0.390 e. The molecule has 0 saturated heterocycles. The van der Waals surface area contributed by atoms with Gasteiger partial charge in [-0.1, -0.05) is 36.4 Å². The highest BCUT2D eigenvalue weighted by molar-refractivity contribution is 7.99. The topological polar surface area (TPSA) is 72.9 Å². The quantitative estimate of drug-likeness (QED) is 0.526. The summed E-state index contributed by atoms with van der Waals surface area (Å²) >= 11 is 1.64. The standard InChI is InChI=1S/C21H26N4O2S/c1-21(2,27)12-14-28-20-22-18-17(16-11-7-4-8-13-24(16)20)19(26)25(23-18)15-9-5-3-6-10-15/h3,5-6,9-10,27H,4,7-8,11-14H2,1-2H3. The van der Waals surface area contributed by atoms with Crippen molar-refractivity contribution in [1.82, 2.24) is 19.3 Å². The molecule has 0 aliphatic carbocycles. The van der Waals surface area contributed by atoms with Gasteiger partial charge in [0.15, 0.2) is 11.0 Å². The second-order valence-electron chi connectivity index (χ2n) is 7.97. The van der Waals surface area contributed by atoms with E-state index in [4.69, 9.17) is 4.98 Å². The average molecular weight is 399 g/mol. The summed E-state index contributed by atoms with van der Waals surface area (Å²) in [5.74, 6) is 1.29. The Bertz CT molecular complexity index is 988. The Morgan fingerprint density at radius 3 is 2.71 bits per heavy atom. The van der Waals surface area contributed by atoms with Gasteiger partial charge in [-0.25, -0.2) is 4.98 Å². The molecule has 3 aliphatic heterocycles. The zero-order chi connectivity index (χ0) is 19.7. The molecule has 0 radical (unpaired) electrons. The third kappa shape index (κ3) is 3.86. The number of nitrogens with zero attached hydrogens (tertiary/aromatic N) is 4. The van der Waals surface area contributed by atoms with Crippen molar-refractivity contribution in [2.75, 3.05) is 5.75 Å². The van der Waals surface area contributed by atoms with E-state index in [-0.39, 0.29) is 5.56 Å². The van der Waals surface area contributed by atoms with Gasteiger partial charge in [-0.2, -0.15) is 4.68 Å². The minimum atomic E-state index is -0.699. The highest BCUT2D eigenvalue weighted by Gasteiger charge is 2.27. The Morgan fingerprint density at radius 1 is 1.18 bits per heavy atom. The first-order chi connectivity index (χ1) is 13.4. The summed E-state index contributed by atoms with van der Waals surface area (Å²) in [5.41, 5.74) is 1.68. The summed E-state index contributed by atoms with van der Waals surface area (Å²) in [5, 5.41) is 15.5. The van der Waals surface area contributed by atoms with Crippen LogP contribution in [0.2, 0.25) is 0 Å². The van der Waals surface area contributed by atoms with Gasteiger partial charge in [0.05, 0.1) is 11.3 Å². The summed E-state index contributed by atoms with van der Waals surface area (Å²) in [6.07, 6.45) is 4.86. The summed E-state index contributed by atoms with van der Waals surface area (Å²) in [6.45, 7) is 4.52. The number of benzene rings is 1. The average Bonchev–Trinajstić information content (AvgIpc) is 2.83. The van der Waals surface area contributed by atoms with E-state index in [9.17, 15) is 9.90 Å². The van der Waals surface area contributed by atoms with E-state index >= 15 is 0 Å². The van der Waals surface area contributed by atoms with Gasteiger partial charge in [0.2, 0.25) is 0 Å². The summed E-state index contributed by atoms with van der Waals surface area (Å²) in [7, 11) is 0. The van der Waals surface area contributed by atoms with Crippen molar-refractivity contribution >= 4 is 11.8 Å². The van der Waals surface area contributed by atoms with Crippen molar-refractivity contribution in [3.63, 3.8) is 0 Å². The summed E-state index contributed by atoms with van der Waals surface area (Å²) < 4.78 is 3.68. The number of fused-ring (bicyclic) bond motifs is 3. The van der Waals surface area contributed by atoms with Gasteiger partial charge in [-0.15, -0.1) is 5.10 Å². The van der Waals surface area contributed by atoms with Crippen LogP contribution in [0.4, 0.5) is 0 Å². The predicted molar refractivity (Wildman–Crippen MR) is 111 cm³/mol. The molecule has 4 rings (SSSR count). The smallest absolute Gasteiger partial charge is 0.284 e. The van der Waals surface area contributed by atoms with E-state index in [0.29, 0.717) is 17.8 Å². The van der Waals surface area contributed by atoms with Crippen LogP contribution in [0, 0.1) is 0 Å². The number of hydrogen-bond acceptors (Lipinski definition) is 5. The molecule has 3 heterocycles. The molecule has 0 atom stereocenters. The van der Waals surface area contributed by atoms with Gasteiger partial charge in [0.1, 0.15) is 5.56 Å². The van der Waals surface area contributed by atoms with Crippen LogP contribution in [-0.2, 0) is 13.0 Å². The Labute approximate surface area is 169 Å². The van der Waals surface area contributed by atoms with Crippen LogP contribution >= 0.6 is 11.8 Å². The SMILES string of the molecule is CC(C)(O)CCSc1nc2nn(-c3ccccc3)c(=O)c-2c2n1CCCCC2. The fourth-order valence-electron chi connectivity index (χ4n) is 3.60. The van der Waals surface area contributed by atoms with Crippen LogP contribution in [0.5, 0.6) is 0 Å². The second-order valence-corrected chi connectivity index (χ2v) is 9.03. The molecule has 1 aromatic carbocycles. The Morgan fingerprint density at radius 2 is 1.96 bits per heavy atom. The highest BCUT2D eigenvalue weighted by atomic mass is 32.2. The molecule has 0 saturated carbocycles. The van der Waals surface area contributed by atoms with E-state index < -0.39 is 5.60 Å². The first kappa shape index (κ1) is 19.2. The number of rotatable bonds is 5. The molecule has 0 fully saturated rings. The van der Waals surface area contributed by atoms with Crippen molar-refractivity contribution < 1.29 is 5.11 Å². The Hall–Kier alpha value is -2.12. The van der Waals surface area contributed by atoms with E-state index in [0.717, 1.165) is 54.5 Å². The number of para-hydroxylation sites is 1. The van der Waals surface area contributed by atoms with Gasteiger partial charge in [-0.3, -0.25) is 4.79 Å². The number of hydrogen-bond donors (Lipinski definition) is 1. The molecule has 0 amide bonds. The third-order valence-corrected chi connectivity index (χ3v) is 6.09. The van der Waals surface area contributed by atoms with E-state index in [1.165, 1.54) is 4.68 Å². The molecule has 0 spiro atoms. The van der Waals surface area contributed by atoms with Crippen molar-refractivity contribution in [2.45, 2.75) is 63.3 Å². The van der Waals surface area contributed by atoms with E-state index in [1.807, 2.05) is 44.2 Å². The molecule has 1 N–H and O–H groups in total. The molecule has 3 aliphatic rings. The number of thioether (sulfide) groups is 1. The maximum absolute atomic E-state index is 13.2. The fraction of sp³-hybridized carbons (Fsp3) is 0.476. The maximum atomic E-state index is 13.2. The Kier molecular flexibility index (Phi) is 5.29. The maximum Gasteiger partial charge on any atom is 0.284 e. The van der Waals surface area contributed by atoms with E-state index in [1.54, 1.807) is 11.8 Å². The number of aromatic nitrogens is 4. The molecule has 0 unspecified atom stereocenters. The lowest BCUT2D eigenvalue weighted by atomic mass is 10.1. The van der Waals surface area contributed by atoms with Crippen molar-refractivity contribution in [2.24, 2.45) is 0 Å². The summed E-state index contributed by atoms with van der Waals surface area (Å²) in [4.78, 5) is 17.9. The van der Waals surface area contributed by atoms with Crippen LogP contribution < -0.4 is 5.56 Å². The number of aliphatic hydroxyl groups is 1. The molecule has 7 heteroatoms. The molecular weight excluding hydrogens is 372 g/mol. The lowest BCUT2D eigenvalue weighted by Crippen LogP contribution is -2.20. The predicted octanol–water partition coefficient (Wildman–Crippen LogP) is 3.51. The van der Waals surface area contributed by atoms with Crippen LogP contribution in [0.3, 0.4) is 0 Å². The lowest BCUT2D eigenvalue weighted by molar-refractivity contribution is 0.0777. The molecule has 0 aromatic heterocycles. The second kappa shape index (κ2) is 7.72. The van der Waals surface area contributed by atoms with Gasteiger partial charge in [0.25, 0.3) is 5.56 Å². The molecular formula is C21H26N4O2S. The van der Waals surface area contributed by atoms with Gasteiger partial charge in [0, 0.05) is 18.0 Å².